The lowest BCUT2D eigenvalue weighted by atomic mass is 10.1. The molecule has 2 aromatic rings. The van der Waals surface area contributed by atoms with Crippen molar-refractivity contribution in [3.8, 4) is 0 Å². The third kappa shape index (κ3) is 2.60. The molecule has 0 fully saturated rings. The van der Waals surface area contributed by atoms with Crippen molar-refractivity contribution in [3.05, 3.63) is 70.5 Å². The van der Waals surface area contributed by atoms with Crippen molar-refractivity contribution in [2.75, 3.05) is 0 Å². The fraction of sp³-hybridized carbons (Fsp3) is 0.188. The van der Waals surface area contributed by atoms with E-state index in [-0.39, 0.29) is 11.4 Å². The number of rotatable bonds is 3. The van der Waals surface area contributed by atoms with Crippen LogP contribution in [-0.2, 0) is 19.6 Å². The maximum absolute atomic E-state index is 14.4. The highest BCUT2D eigenvalue weighted by molar-refractivity contribution is 5.97. The van der Waals surface area contributed by atoms with Gasteiger partial charge in [-0.05, 0) is 17.2 Å². The lowest BCUT2D eigenvalue weighted by Crippen LogP contribution is -2.20. The molecule has 0 aliphatic carbocycles. The van der Waals surface area contributed by atoms with Crippen molar-refractivity contribution in [1.29, 1.82) is 0 Å². The van der Waals surface area contributed by atoms with Crippen molar-refractivity contribution in [3.63, 3.8) is 0 Å². The van der Waals surface area contributed by atoms with Crippen LogP contribution in [0.4, 0.5) is 4.39 Å². The van der Waals surface area contributed by atoms with Gasteiger partial charge in [0.1, 0.15) is 5.82 Å². The molecular formula is C16H16FN3O. The van der Waals surface area contributed by atoms with Gasteiger partial charge in [0.15, 0.2) is 5.84 Å². The first kappa shape index (κ1) is 13.6. The van der Waals surface area contributed by atoms with Crippen molar-refractivity contribution in [2.24, 2.45) is 10.9 Å². The Hall–Kier alpha value is -2.40. The minimum Gasteiger partial charge on any atom is -0.409 e. The minimum absolute atomic E-state index is 0.131. The second-order valence-electron chi connectivity index (χ2n) is 5.18. The number of halogens is 1. The highest BCUT2D eigenvalue weighted by Gasteiger charge is 2.20. The lowest BCUT2D eigenvalue weighted by molar-refractivity contribution is 0.271. The molecule has 0 atom stereocenters. The highest BCUT2D eigenvalue weighted by Crippen LogP contribution is 2.25. The highest BCUT2D eigenvalue weighted by atomic mass is 19.1. The predicted octanol–water partition coefficient (Wildman–Crippen LogP) is 2.44. The summed E-state index contributed by atoms with van der Waals surface area (Å²) >= 11 is 0. The second-order valence-corrected chi connectivity index (χ2v) is 5.18. The zero-order valence-corrected chi connectivity index (χ0v) is 11.5. The molecule has 1 heterocycles. The van der Waals surface area contributed by atoms with Gasteiger partial charge in [0.25, 0.3) is 0 Å². The number of oxime groups is 1. The quantitative estimate of drug-likeness (QED) is 0.394. The van der Waals surface area contributed by atoms with E-state index in [2.05, 4.69) is 22.2 Å². The molecule has 3 rings (SSSR count). The van der Waals surface area contributed by atoms with Gasteiger partial charge in [-0.15, -0.1) is 0 Å². The van der Waals surface area contributed by atoms with Gasteiger partial charge in [-0.2, -0.15) is 0 Å². The summed E-state index contributed by atoms with van der Waals surface area (Å²) in [6.07, 6.45) is 0. The van der Waals surface area contributed by atoms with E-state index in [1.165, 1.54) is 17.2 Å². The number of benzene rings is 2. The smallest absolute Gasteiger partial charge is 0.173 e. The zero-order valence-electron chi connectivity index (χ0n) is 11.5. The van der Waals surface area contributed by atoms with Gasteiger partial charge in [0, 0.05) is 25.2 Å². The molecule has 0 aromatic heterocycles. The number of hydrogen-bond acceptors (Lipinski definition) is 3. The number of nitrogens with two attached hydrogens (primary N) is 1. The van der Waals surface area contributed by atoms with Gasteiger partial charge >= 0.3 is 0 Å². The van der Waals surface area contributed by atoms with E-state index in [9.17, 15) is 4.39 Å². The summed E-state index contributed by atoms with van der Waals surface area (Å²) in [7, 11) is 0. The molecule has 4 nitrogen and oxygen atoms in total. The Morgan fingerprint density at radius 2 is 1.81 bits per heavy atom. The lowest BCUT2D eigenvalue weighted by Gasteiger charge is -2.16. The summed E-state index contributed by atoms with van der Waals surface area (Å²) in [5.41, 5.74) is 8.73. The van der Waals surface area contributed by atoms with Gasteiger partial charge in [-0.25, -0.2) is 4.39 Å². The van der Waals surface area contributed by atoms with E-state index < -0.39 is 5.82 Å². The zero-order chi connectivity index (χ0) is 14.8. The third-order valence-electron chi connectivity index (χ3n) is 3.76. The fourth-order valence-corrected chi connectivity index (χ4v) is 2.71. The average molecular weight is 285 g/mol. The van der Waals surface area contributed by atoms with E-state index in [1.54, 1.807) is 12.1 Å². The minimum atomic E-state index is -0.427. The predicted molar refractivity (Wildman–Crippen MR) is 78.3 cm³/mol. The molecule has 0 spiro atoms. The molecule has 5 heteroatoms. The van der Waals surface area contributed by atoms with Crippen LogP contribution < -0.4 is 5.73 Å². The fourth-order valence-electron chi connectivity index (χ4n) is 2.71. The van der Waals surface area contributed by atoms with Crippen LogP contribution in [0.15, 0.2) is 47.6 Å². The maximum Gasteiger partial charge on any atom is 0.173 e. The average Bonchev–Trinajstić information content (AvgIpc) is 2.91. The maximum atomic E-state index is 14.4. The van der Waals surface area contributed by atoms with Crippen LogP contribution in [0, 0.1) is 5.82 Å². The van der Waals surface area contributed by atoms with Crippen LogP contribution in [0.3, 0.4) is 0 Å². The molecule has 0 amide bonds. The standard InChI is InChI=1S/C16H16FN3O/c17-15-13(6-3-7-14(15)16(18)19-21)10-20-8-11-4-1-2-5-12(11)9-20/h1-7,21H,8-10H2,(H2,18,19). The number of fused-ring (bicyclic) bond motifs is 1. The first-order chi connectivity index (χ1) is 10.2. The monoisotopic (exact) mass is 285 g/mol. The Kier molecular flexibility index (Phi) is 3.58. The molecular weight excluding hydrogens is 269 g/mol. The van der Waals surface area contributed by atoms with E-state index in [4.69, 9.17) is 10.9 Å². The molecule has 3 N–H and O–H groups in total. The number of nitrogens with zero attached hydrogens (tertiary/aromatic N) is 2. The summed E-state index contributed by atoms with van der Waals surface area (Å²) in [6.45, 7) is 2.11. The van der Waals surface area contributed by atoms with E-state index in [1.807, 2.05) is 12.1 Å². The molecule has 0 saturated carbocycles. The van der Waals surface area contributed by atoms with E-state index >= 15 is 0 Å². The topological polar surface area (TPSA) is 61.9 Å². The van der Waals surface area contributed by atoms with Crippen molar-refractivity contribution in [2.45, 2.75) is 19.6 Å². The van der Waals surface area contributed by atoms with Gasteiger partial charge in [-0.3, -0.25) is 4.90 Å². The molecule has 1 aliphatic heterocycles. The first-order valence-electron chi connectivity index (χ1n) is 6.73. The molecule has 2 aromatic carbocycles. The van der Waals surface area contributed by atoms with Gasteiger partial charge in [-0.1, -0.05) is 41.6 Å². The van der Waals surface area contributed by atoms with Gasteiger partial charge in [0.2, 0.25) is 0 Å². The van der Waals surface area contributed by atoms with Crippen molar-refractivity contribution < 1.29 is 9.60 Å². The Labute approximate surface area is 122 Å². The Bertz CT molecular complexity index is 675. The molecule has 0 saturated heterocycles. The Morgan fingerprint density at radius 1 is 1.14 bits per heavy atom. The normalized spacial score (nSPS) is 15.2. The van der Waals surface area contributed by atoms with Gasteiger partial charge in [0.05, 0.1) is 5.56 Å². The van der Waals surface area contributed by atoms with Crippen LogP contribution in [0.1, 0.15) is 22.3 Å². The second kappa shape index (κ2) is 5.54. The number of amidine groups is 1. The van der Waals surface area contributed by atoms with Crippen molar-refractivity contribution >= 4 is 5.84 Å². The van der Waals surface area contributed by atoms with E-state index in [0.717, 1.165) is 13.1 Å². The summed E-state index contributed by atoms with van der Waals surface area (Å²) in [5.74, 6) is -0.636. The van der Waals surface area contributed by atoms with Crippen LogP contribution in [0.2, 0.25) is 0 Å². The molecule has 21 heavy (non-hydrogen) atoms. The molecule has 0 radical (unpaired) electrons. The molecule has 108 valence electrons. The third-order valence-corrected chi connectivity index (χ3v) is 3.76. The van der Waals surface area contributed by atoms with Crippen molar-refractivity contribution in [1.82, 2.24) is 4.90 Å². The van der Waals surface area contributed by atoms with E-state index in [0.29, 0.717) is 12.1 Å². The summed E-state index contributed by atoms with van der Waals surface area (Å²) in [4.78, 5) is 2.17. The summed E-state index contributed by atoms with van der Waals surface area (Å²) in [6, 6.07) is 13.2. The number of hydrogen-bond donors (Lipinski definition) is 2. The molecule has 0 bridgehead atoms. The van der Waals surface area contributed by atoms with Crippen LogP contribution in [-0.4, -0.2) is 15.9 Å². The largest absolute Gasteiger partial charge is 0.409 e. The van der Waals surface area contributed by atoms with Crippen LogP contribution in [0.25, 0.3) is 0 Å². The SMILES string of the molecule is N/C(=N/O)c1cccc(CN2Cc3ccccc3C2)c1F. The van der Waals surface area contributed by atoms with Gasteiger partial charge < -0.3 is 10.9 Å². The summed E-state index contributed by atoms with van der Waals surface area (Å²) < 4.78 is 14.4. The molecule has 0 unspecified atom stereocenters. The Morgan fingerprint density at radius 3 is 2.43 bits per heavy atom. The first-order valence-corrected chi connectivity index (χ1v) is 6.73. The molecule has 1 aliphatic rings. The van der Waals surface area contributed by atoms with Crippen LogP contribution in [0.5, 0.6) is 0 Å². The summed E-state index contributed by atoms with van der Waals surface area (Å²) in [5, 5.41) is 11.6. The Balaban J connectivity index is 1.81. The van der Waals surface area contributed by atoms with Crippen LogP contribution >= 0.6 is 0 Å².